The van der Waals surface area contributed by atoms with Crippen LogP contribution in [0.25, 0.3) is 10.9 Å². The number of hydrogen-bond acceptors (Lipinski definition) is 4. The van der Waals surface area contributed by atoms with Crippen LogP contribution >= 0.6 is 11.6 Å². The summed E-state index contributed by atoms with van der Waals surface area (Å²) in [6.45, 7) is 1.57. The van der Waals surface area contributed by atoms with E-state index in [-0.39, 0.29) is 25.4 Å². The van der Waals surface area contributed by atoms with Gasteiger partial charge in [-0.25, -0.2) is 0 Å². The van der Waals surface area contributed by atoms with E-state index in [9.17, 15) is 19.5 Å². The fraction of sp³-hybridized carbons (Fsp3) is 0.393. The van der Waals surface area contributed by atoms with E-state index in [4.69, 9.17) is 16.3 Å². The third-order valence-corrected chi connectivity index (χ3v) is 6.90. The van der Waals surface area contributed by atoms with Crippen molar-refractivity contribution in [2.24, 2.45) is 5.92 Å². The Labute approximate surface area is 220 Å². The van der Waals surface area contributed by atoms with Crippen LogP contribution in [-0.2, 0) is 27.3 Å². The number of aromatic nitrogens is 1. The minimum Gasteiger partial charge on any atom is -0.494 e. The van der Waals surface area contributed by atoms with Crippen LogP contribution in [0.4, 0.5) is 0 Å². The van der Waals surface area contributed by atoms with E-state index in [0.29, 0.717) is 23.7 Å². The molecule has 0 spiro atoms. The predicted molar refractivity (Wildman–Crippen MR) is 142 cm³/mol. The van der Waals surface area contributed by atoms with Gasteiger partial charge < -0.3 is 25.0 Å². The number of carboxylic acid groups (broad SMARTS) is 1. The predicted octanol–water partition coefficient (Wildman–Crippen LogP) is 4.18. The smallest absolute Gasteiger partial charge is 0.304 e. The molecule has 2 atom stereocenters. The van der Waals surface area contributed by atoms with Gasteiger partial charge in [-0.15, -0.1) is 0 Å². The Hall–Kier alpha value is -3.52. The Bertz CT molecular complexity index is 1240. The van der Waals surface area contributed by atoms with E-state index in [1.54, 1.807) is 24.3 Å². The lowest BCUT2D eigenvalue weighted by molar-refractivity contribution is -0.141. The highest BCUT2D eigenvalue weighted by Crippen LogP contribution is 2.24. The topological polar surface area (TPSA) is 110 Å². The fourth-order valence-corrected chi connectivity index (χ4v) is 4.82. The van der Waals surface area contributed by atoms with Gasteiger partial charge in [-0.3, -0.25) is 14.4 Å². The third kappa shape index (κ3) is 7.26. The molecule has 0 aliphatic carbocycles. The highest BCUT2D eigenvalue weighted by atomic mass is 35.5. The van der Waals surface area contributed by atoms with Crippen LogP contribution in [-0.4, -0.2) is 46.7 Å². The highest BCUT2D eigenvalue weighted by molar-refractivity contribution is 6.30. The number of carboxylic acids is 1. The van der Waals surface area contributed by atoms with Gasteiger partial charge in [-0.1, -0.05) is 29.8 Å². The summed E-state index contributed by atoms with van der Waals surface area (Å²) in [7, 11) is 0. The summed E-state index contributed by atoms with van der Waals surface area (Å²) in [5.41, 5.74) is 2.07. The van der Waals surface area contributed by atoms with Crippen LogP contribution in [0.3, 0.4) is 0 Å². The number of benzene rings is 2. The van der Waals surface area contributed by atoms with Gasteiger partial charge in [-0.2, -0.15) is 0 Å². The number of aliphatic carboxylic acids is 1. The maximum absolute atomic E-state index is 13.2. The number of aryl methyl sites for hydroxylation is 1. The van der Waals surface area contributed by atoms with Crippen molar-refractivity contribution >= 4 is 40.3 Å². The number of hydrogen-bond donors (Lipinski definition) is 3. The number of rotatable bonds is 8. The Morgan fingerprint density at radius 1 is 1.14 bits per heavy atom. The molecule has 1 aromatic heterocycles. The molecule has 9 heteroatoms. The number of carbonyl (C=O) groups excluding carboxylic acids is 2. The normalized spacial score (nSPS) is 17.2. The first-order chi connectivity index (χ1) is 17.9. The standard InChI is InChI=1S/C28H32ClN3O5/c29-21-8-10-22(11-9-21)37-15-12-19(17-26(33)34)27(35)31-24-16-20-18-32(25-7-3-2-6-23(20)25)14-5-1-4-13-30-28(24)36/h2-3,6-11,18-19,24H,1,4-5,12-17H2,(H,30,36)(H,31,35)(H,33,34)/t19-,24?/m1/s1. The van der Waals surface area contributed by atoms with Gasteiger partial charge in [-0.05, 0) is 61.6 Å². The Morgan fingerprint density at radius 3 is 2.70 bits per heavy atom. The molecule has 0 saturated heterocycles. The summed E-state index contributed by atoms with van der Waals surface area (Å²) in [6.07, 6.45) is 5.05. The summed E-state index contributed by atoms with van der Waals surface area (Å²) in [6, 6.07) is 14.0. The van der Waals surface area contributed by atoms with Gasteiger partial charge >= 0.3 is 5.97 Å². The number of nitrogens with zero attached hydrogens (tertiary/aromatic N) is 1. The molecule has 196 valence electrons. The van der Waals surface area contributed by atoms with Gasteiger partial charge in [0.15, 0.2) is 0 Å². The van der Waals surface area contributed by atoms with E-state index in [1.807, 2.05) is 18.2 Å². The van der Waals surface area contributed by atoms with Crippen LogP contribution in [0.15, 0.2) is 54.7 Å². The van der Waals surface area contributed by atoms with Gasteiger partial charge in [0.05, 0.1) is 18.9 Å². The van der Waals surface area contributed by atoms with Crippen LogP contribution in [0.5, 0.6) is 5.75 Å². The Morgan fingerprint density at radius 2 is 1.92 bits per heavy atom. The van der Waals surface area contributed by atoms with Crippen molar-refractivity contribution in [3.8, 4) is 5.75 Å². The Balaban J connectivity index is 1.49. The minimum atomic E-state index is -1.09. The average Bonchev–Trinajstić information content (AvgIpc) is 3.22. The van der Waals surface area contributed by atoms with E-state index < -0.39 is 23.8 Å². The van der Waals surface area contributed by atoms with Gasteiger partial charge in [0.2, 0.25) is 11.8 Å². The summed E-state index contributed by atoms with van der Waals surface area (Å²) < 4.78 is 7.89. The van der Waals surface area contributed by atoms with Crippen LogP contribution in [0.2, 0.25) is 5.02 Å². The molecule has 8 nitrogen and oxygen atoms in total. The maximum atomic E-state index is 13.2. The van der Waals surface area contributed by atoms with Crippen molar-refractivity contribution in [1.29, 1.82) is 0 Å². The number of fused-ring (bicyclic) bond motifs is 5. The van der Waals surface area contributed by atoms with Gasteiger partial charge in [0.1, 0.15) is 11.8 Å². The molecule has 2 heterocycles. The summed E-state index contributed by atoms with van der Waals surface area (Å²) in [4.78, 5) is 37.9. The largest absolute Gasteiger partial charge is 0.494 e. The summed E-state index contributed by atoms with van der Waals surface area (Å²) >= 11 is 5.90. The first-order valence-electron chi connectivity index (χ1n) is 12.7. The molecule has 2 aromatic carbocycles. The molecule has 37 heavy (non-hydrogen) atoms. The van der Waals surface area contributed by atoms with Gasteiger partial charge in [0, 0.05) is 41.6 Å². The highest BCUT2D eigenvalue weighted by Gasteiger charge is 2.28. The number of para-hydroxylation sites is 1. The quantitative estimate of drug-likeness (QED) is 0.408. The molecule has 3 aromatic rings. The molecule has 0 fully saturated rings. The second-order valence-corrected chi connectivity index (χ2v) is 9.80. The second-order valence-electron chi connectivity index (χ2n) is 9.37. The molecular formula is C28H32ClN3O5. The molecule has 0 saturated carbocycles. The number of halogens is 1. The maximum Gasteiger partial charge on any atom is 0.304 e. The molecule has 1 aliphatic heterocycles. The summed E-state index contributed by atoms with van der Waals surface area (Å²) in [5.74, 6) is -2.09. The first-order valence-corrected chi connectivity index (χ1v) is 13.0. The molecular weight excluding hydrogens is 494 g/mol. The SMILES string of the molecule is O=C(O)C[C@@H](CCOc1ccc(Cl)cc1)C(=O)NC1Cc2cn(c3ccccc23)CCCCCNC1=O. The number of ether oxygens (including phenoxy) is 1. The molecule has 2 bridgehead atoms. The van der Waals surface area contributed by atoms with Crippen molar-refractivity contribution in [3.05, 3.63) is 65.3 Å². The van der Waals surface area contributed by atoms with Crippen molar-refractivity contribution in [2.75, 3.05) is 13.2 Å². The number of carbonyl (C=O) groups is 3. The minimum absolute atomic E-state index is 0.150. The zero-order valence-corrected chi connectivity index (χ0v) is 21.4. The molecule has 1 aliphatic rings. The van der Waals surface area contributed by atoms with E-state index in [2.05, 4.69) is 27.5 Å². The zero-order chi connectivity index (χ0) is 26.2. The van der Waals surface area contributed by atoms with Crippen LogP contribution in [0, 0.1) is 5.92 Å². The van der Waals surface area contributed by atoms with E-state index in [1.165, 1.54) is 0 Å². The fourth-order valence-electron chi connectivity index (χ4n) is 4.69. The lowest BCUT2D eigenvalue weighted by atomic mass is 9.98. The molecule has 1 unspecified atom stereocenters. The Kier molecular flexibility index (Phi) is 9.06. The molecule has 0 radical (unpaired) electrons. The van der Waals surface area contributed by atoms with E-state index >= 15 is 0 Å². The molecule has 4 rings (SSSR count). The summed E-state index contributed by atoms with van der Waals surface area (Å²) in [5, 5.41) is 16.8. The molecule has 3 N–H and O–H groups in total. The van der Waals surface area contributed by atoms with Crippen molar-refractivity contribution in [3.63, 3.8) is 0 Å². The van der Waals surface area contributed by atoms with Crippen molar-refractivity contribution < 1.29 is 24.2 Å². The van der Waals surface area contributed by atoms with Crippen molar-refractivity contribution in [1.82, 2.24) is 15.2 Å². The first kappa shape index (κ1) is 26.5. The lowest BCUT2D eigenvalue weighted by Crippen LogP contribution is -2.50. The molecule has 2 amide bonds. The van der Waals surface area contributed by atoms with Crippen LogP contribution in [0.1, 0.15) is 37.7 Å². The van der Waals surface area contributed by atoms with E-state index in [0.717, 1.165) is 42.3 Å². The lowest BCUT2D eigenvalue weighted by Gasteiger charge is -2.22. The number of nitrogens with one attached hydrogen (secondary N) is 2. The third-order valence-electron chi connectivity index (χ3n) is 6.64. The van der Waals surface area contributed by atoms with Gasteiger partial charge in [0.25, 0.3) is 0 Å². The van der Waals surface area contributed by atoms with Crippen LogP contribution < -0.4 is 15.4 Å². The second kappa shape index (κ2) is 12.6. The average molecular weight is 526 g/mol. The monoisotopic (exact) mass is 525 g/mol. The zero-order valence-electron chi connectivity index (χ0n) is 20.6. The number of amides is 2. The van der Waals surface area contributed by atoms with Crippen molar-refractivity contribution in [2.45, 2.75) is 51.1 Å².